The van der Waals surface area contributed by atoms with Crippen molar-refractivity contribution in [3.63, 3.8) is 0 Å². The molecule has 4 aliphatic rings. The lowest BCUT2D eigenvalue weighted by molar-refractivity contribution is -0.341. The van der Waals surface area contributed by atoms with E-state index < -0.39 is 36.0 Å². The van der Waals surface area contributed by atoms with Gasteiger partial charge in [-0.05, 0) is 19.9 Å². The second-order valence-corrected chi connectivity index (χ2v) is 4.96. The van der Waals surface area contributed by atoms with Crippen molar-refractivity contribution in [2.75, 3.05) is 7.11 Å². The Morgan fingerprint density at radius 1 is 1.44 bits per heavy atom. The van der Waals surface area contributed by atoms with E-state index in [-0.39, 0.29) is 0 Å². The molecule has 0 radical (unpaired) electrons. The SMILES string of the molecule is COC(=O)N1O[C@]2(F)C=C[C@H]1[C@H]1OC(C)(C)O[C@H]12. The monoisotopic (exact) mass is 259 g/mol. The molecule has 0 aromatic carbocycles. The number of fused-ring (bicyclic) bond motifs is 1. The van der Waals surface area contributed by atoms with Gasteiger partial charge in [0.25, 0.3) is 5.85 Å². The van der Waals surface area contributed by atoms with Crippen LogP contribution in [0.5, 0.6) is 0 Å². The van der Waals surface area contributed by atoms with Crippen molar-refractivity contribution in [1.82, 2.24) is 5.06 Å². The van der Waals surface area contributed by atoms with Gasteiger partial charge >= 0.3 is 6.09 Å². The lowest BCUT2D eigenvalue weighted by Gasteiger charge is -2.47. The van der Waals surface area contributed by atoms with E-state index in [1.807, 2.05) is 0 Å². The van der Waals surface area contributed by atoms with Gasteiger partial charge in [0.1, 0.15) is 12.1 Å². The third-order valence-electron chi connectivity index (χ3n) is 3.24. The van der Waals surface area contributed by atoms with E-state index >= 15 is 0 Å². The molecule has 1 aliphatic carbocycles. The molecule has 18 heavy (non-hydrogen) atoms. The Morgan fingerprint density at radius 2 is 2.17 bits per heavy atom. The topological polar surface area (TPSA) is 57.2 Å². The number of hydroxylamine groups is 2. The van der Waals surface area contributed by atoms with E-state index in [4.69, 9.17) is 14.3 Å². The predicted octanol–water partition coefficient (Wildman–Crippen LogP) is 1.12. The smallest absolute Gasteiger partial charge is 0.434 e. The normalized spacial score (nSPS) is 44.0. The van der Waals surface area contributed by atoms with E-state index in [0.29, 0.717) is 0 Å². The highest BCUT2D eigenvalue weighted by molar-refractivity contribution is 5.67. The van der Waals surface area contributed by atoms with E-state index in [2.05, 4.69) is 4.74 Å². The highest BCUT2D eigenvalue weighted by Crippen LogP contribution is 2.47. The van der Waals surface area contributed by atoms with Crippen LogP contribution in [-0.2, 0) is 19.0 Å². The Balaban J connectivity index is 1.95. The first kappa shape index (κ1) is 11.9. The lowest BCUT2D eigenvalue weighted by Crippen LogP contribution is -2.66. The fraction of sp³-hybridized carbons (Fsp3) is 0.727. The first-order chi connectivity index (χ1) is 8.36. The number of rotatable bonds is 0. The summed E-state index contributed by atoms with van der Waals surface area (Å²) < 4.78 is 30.3. The second kappa shape index (κ2) is 3.43. The van der Waals surface area contributed by atoms with Gasteiger partial charge in [-0.15, -0.1) is 0 Å². The molecular formula is C11H14FNO5. The van der Waals surface area contributed by atoms with Crippen molar-refractivity contribution in [3.8, 4) is 0 Å². The number of hydrogen-bond donors (Lipinski definition) is 0. The number of carbonyl (C=O) groups excluding carboxylic acids is 1. The molecule has 0 unspecified atom stereocenters. The van der Waals surface area contributed by atoms with Crippen molar-refractivity contribution < 1.29 is 28.2 Å². The summed E-state index contributed by atoms with van der Waals surface area (Å²) >= 11 is 0. The van der Waals surface area contributed by atoms with Crippen molar-refractivity contribution >= 4 is 6.09 Å². The van der Waals surface area contributed by atoms with Crippen LogP contribution in [0.3, 0.4) is 0 Å². The fourth-order valence-corrected chi connectivity index (χ4v) is 2.53. The number of ether oxygens (including phenoxy) is 3. The van der Waals surface area contributed by atoms with Crippen LogP contribution < -0.4 is 0 Å². The Morgan fingerprint density at radius 3 is 2.83 bits per heavy atom. The average Bonchev–Trinajstić information content (AvgIpc) is 2.65. The maximum atomic E-state index is 14.6. The standard InChI is InChI=1S/C11H14FNO5/c1-10(2)16-7-6-4-5-11(12,8(7)17-10)18-13(6)9(14)15-3/h4-8H,1-3H3/t6-,7+,8+,11+/m0/s1. The summed E-state index contributed by atoms with van der Waals surface area (Å²) in [5.74, 6) is -3.12. The molecular weight excluding hydrogens is 245 g/mol. The predicted molar refractivity (Wildman–Crippen MR) is 55.9 cm³/mol. The van der Waals surface area contributed by atoms with Crippen LogP contribution in [0.1, 0.15) is 13.8 Å². The van der Waals surface area contributed by atoms with Crippen molar-refractivity contribution in [3.05, 3.63) is 12.2 Å². The number of carbonyl (C=O) groups is 1. The Kier molecular flexibility index (Phi) is 2.27. The maximum Gasteiger partial charge on any atom is 0.434 e. The van der Waals surface area contributed by atoms with Crippen molar-refractivity contribution in [2.24, 2.45) is 0 Å². The van der Waals surface area contributed by atoms with Gasteiger partial charge in [0.15, 0.2) is 11.9 Å². The van der Waals surface area contributed by atoms with Gasteiger partial charge in [-0.1, -0.05) is 6.08 Å². The van der Waals surface area contributed by atoms with Gasteiger partial charge in [-0.25, -0.2) is 14.0 Å². The fourth-order valence-electron chi connectivity index (χ4n) is 2.53. The minimum absolute atomic E-state index is 0.554. The van der Waals surface area contributed by atoms with Crippen LogP contribution in [0, 0.1) is 0 Å². The molecule has 0 spiro atoms. The highest BCUT2D eigenvalue weighted by Gasteiger charge is 2.65. The Hall–Kier alpha value is -1.18. The van der Waals surface area contributed by atoms with Gasteiger partial charge in [0, 0.05) is 0 Å². The second-order valence-electron chi connectivity index (χ2n) is 4.96. The largest absolute Gasteiger partial charge is 0.451 e. The quantitative estimate of drug-likeness (QED) is 0.610. The zero-order chi connectivity index (χ0) is 13.1. The average molecular weight is 259 g/mol. The number of methoxy groups -OCH3 is 1. The number of alkyl halides is 1. The maximum absolute atomic E-state index is 14.6. The van der Waals surface area contributed by atoms with Gasteiger partial charge < -0.3 is 14.2 Å². The molecule has 0 N–H and O–H groups in total. The van der Waals surface area contributed by atoms with Gasteiger partial charge in [-0.2, -0.15) is 5.06 Å². The van der Waals surface area contributed by atoms with Gasteiger partial charge in [0.05, 0.1) is 7.11 Å². The molecule has 2 bridgehead atoms. The molecule has 4 atom stereocenters. The zero-order valence-corrected chi connectivity index (χ0v) is 10.3. The summed E-state index contributed by atoms with van der Waals surface area (Å²) in [6.45, 7) is 3.38. The summed E-state index contributed by atoms with van der Waals surface area (Å²) in [4.78, 5) is 16.6. The Labute approximate surface area is 103 Å². The first-order valence-corrected chi connectivity index (χ1v) is 5.66. The number of amides is 1. The van der Waals surface area contributed by atoms with Crippen LogP contribution in [-0.4, -0.2) is 48.2 Å². The summed E-state index contributed by atoms with van der Waals surface area (Å²) in [6, 6.07) is -0.554. The number of hydrogen-bond acceptors (Lipinski definition) is 5. The van der Waals surface area contributed by atoms with E-state index in [0.717, 1.165) is 5.06 Å². The molecule has 6 nitrogen and oxygen atoms in total. The third-order valence-corrected chi connectivity index (χ3v) is 3.24. The lowest BCUT2D eigenvalue weighted by atomic mass is 9.90. The molecule has 7 heteroatoms. The van der Waals surface area contributed by atoms with Crippen molar-refractivity contribution in [2.45, 2.75) is 43.7 Å². The molecule has 0 saturated carbocycles. The summed E-state index contributed by atoms with van der Waals surface area (Å²) in [5.41, 5.74) is 0. The van der Waals surface area contributed by atoms with Crippen LogP contribution >= 0.6 is 0 Å². The summed E-state index contributed by atoms with van der Waals surface area (Å²) in [5, 5.41) is 0.853. The molecule has 3 heterocycles. The molecule has 100 valence electrons. The molecule has 2 saturated heterocycles. The molecule has 0 aromatic rings. The van der Waals surface area contributed by atoms with Gasteiger partial charge in [-0.3, -0.25) is 0 Å². The van der Waals surface area contributed by atoms with E-state index in [1.165, 1.54) is 19.3 Å². The highest BCUT2D eigenvalue weighted by atomic mass is 19.2. The number of halogens is 1. The van der Waals surface area contributed by atoms with Crippen LogP contribution in [0.15, 0.2) is 12.2 Å². The number of nitrogens with zero attached hydrogens (tertiary/aromatic N) is 1. The molecule has 3 aliphatic heterocycles. The Bertz CT molecular complexity index is 426. The van der Waals surface area contributed by atoms with Crippen molar-refractivity contribution in [1.29, 1.82) is 0 Å². The molecule has 1 amide bonds. The molecule has 4 rings (SSSR count). The van der Waals surface area contributed by atoms with Crippen LogP contribution in [0.4, 0.5) is 9.18 Å². The van der Waals surface area contributed by atoms with Crippen LogP contribution in [0.25, 0.3) is 0 Å². The summed E-state index contributed by atoms with van der Waals surface area (Å²) in [6.07, 6.45) is 0.527. The van der Waals surface area contributed by atoms with E-state index in [1.54, 1.807) is 13.8 Å². The molecule has 2 fully saturated rings. The molecule has 0 aromatic heterocycles. The first-order valence-electron chi connectivity index (χ1n) is 5.66. The summed E-state index contributed by atoms with van der Waals surface area (Å²) in [7, 11) is 1.20. The van der Waals surface area contributed by atoms with Crippen LogP contribution in [0.2, 0.25) is 0 Å². The third kappa shape index (κ3) is 1.47. The minimum Gasteiger partial charge on any atom is -0.451 e. The zero-order valence-electron chi connectivity index (χ0n) is 10.3. The van der Waals surface area contributed by atoms with E-state index in [9.17, 15) is 9.18 Å². The minimum atomic E-state index is -2.21. The van der Waals surface area contributed by atoms with Gasteiger partial charge in [0.2, 0.25) is 0 Å².